The number of sulfonamides is 1. The number of carbonyl (C=O) groups is 2. The SMILES string of the molecule is CC[C@@H](C(=O)NC)N(Cc1ccc(OC)cc1)C(=O)CN(c1cccc(Cl)c1C)S(=O)(=O)c1ccc(C)cc1. The fraction of sp³-hybridized carbons (Fsp3) is 0.310. The topological polar surface area (TPSA) is 96.0 Å². The van der Waals surface area contributed by atoms with Crippen molar-refractivity contribution in [2.24, 2.45) is 0 Å². The number of hydrogen-bond donors (Lipinski definition) is 1. The van der Waals surface area contributed by atoms with Crippen molar-refractivity contribution in [3.8, 4) is 5.75 Å². The summed E-state index contributed by atoms with van der Waals surface area (Å²) in [5, 5.41) is 2.99. The Hall–Kier alpha value is -3.56. The molecule has 10 heteroatoms. The number of hydrogen-bond acceptors (Lipinski definition) is 5. The third kappa shape index (κ3) is 6.91. The minimum atomic E-state index is -4.17. The minimum absolute atomic E-state index is 0.0420. The van der Waals surface area contributed by atoms with E-state index in [0.717, 1.165) is 15.4 Å². The molecular weight excluding hydrogens is 538 g/mol. The number of amides is 2. The van der Waals surface area contributed by atoms with Crippen LogP contribution in [0.5, 0.6) is 5.75 Å². The molecule has 0 saturated heterocycles. The highest BCUT2D eigenvalue weighted by Crippen LogP contribution is 2.31. The molecule has 0 saturated carbocycles. The van der Waals surface area contributed by atoms with E-state index in [1.165, 1.54) is 24.1 Å². The van der Waals surface area contributed by atoms with E-state index in [2.05, 4.69) is 5.32 Å². The second kappa shape index (κ2) is 13.0. The molecule has 0 fully saturated rings. The Morgan fingerprint density at radius 2 is 1.64 bits per heavy atom. The van der Waals surface area contributed by atoms with Crippen molar-refractivity contribution >= 4 is 39.1 Å². The van der Waals surface area contributed by atoms with Crippen molar-refractivity contribution in [1.82, 2.24) is 10.2 Å². The van der Waals surface area contributed by atoms with Crippen LogP contribution in [-0.4, -0.2) is 51.9 Å². The van der Waals surface area contributed by atoms with Gasteiger partial charge in [-0.2, -0.15) is 0 Å². The lowest BCUT2D eigenvalue weighted by atomic mass is 10.1. The van der Waals surface area contributed by atoms with E-state index in [1.54, 1.807) is 75.6 Å². The van der Waals surface area contributed by atoms with Crippen LogP contribution in [0, 0.1) is 13.8 Å². The molecule has 0 aliphatic heterocycles. The predicted octanol–water partition coefficient (Wildman–Crippen LogP) is 4.71. The lowest BCUT2D eigenvalue weighted by Crippen LogP contribution is -2.51. The van der Waals surface area contributed by atoms with Crippen molar-refractivity contribution < 1.29 is 22.7 Å². The Balaban J connectivity index is 2.09. The van der Waals surface area contributed by atoms with Gasteiger partial charge in [-0.3, -0.25) is 13.9 Å². The van der Waals surface area contributed by atoms with Gasteiger partial charge in [0.2, 0.25) is 11.8 Å². The van der Waals surface area contributed by atoms with Gasteiger partial charge >= 0.3 is 0 Å². The zero-order valence-corrected chi connectivity index (χ0v) is 24.3. The van der Waals surface area contributed by atoms with Crippen LogP contribution in [0.3, 0.4) is 0 Å². The standard InChI is InChI=1S/C29H34ClN3O5S/c1-6-26(29(35)31-4)32(18-22-12-14-23(38-5)15-13-22)28(34)19-33(27-9-7-8-25(30)21(27)3)39(36,37)24-16-10-20(2)11-17-24/h7-17,26H,6,18-19H2,1-5H3,(H,31,35)/t26-/m0/s1. The molecule has 3 aromatic carbocycles. The molecule has 0 aliphatic carbocycles. The maximum Gasteiger partial charge on any atom is 0.264 e. The molecule has 2 amide bonds. The molecule has 3 aromatic rings. The number of anilines is 1. The van der Waals surface area contributed by atoms with Crippen LogP contribution in [0.25, 0.3) is 0 Å². The number of aryl methyl sites for hydroxylation is 1. The summed E-state index contributed by atoms with van der Waals surface area (Å²) in [6, 6.07) is 17.7. The zero-order valence-electron chi connectivity index (χ0n) is 22.8. The summed E-state index contributed by atoms with van der Waals surface area (Å²) in [5.41, 5.74) is 2.47. The summed E-state index contributed by atoms with van der Waals surface area (Å²) < 4.78 is 34.2. The highest BCUT2D eigenvalue weighted by atomic mass is 35.5. The van der Waals surface area contributed by atoms with Gasteiger partial charge in [0, 0.05) is 18.6 Å². The summed E-state index contributed by atoms with van der Waals surface area (Å²) in [6.07, 6.45) is 0.336. The van der Waals surface area contributed by atoms with Crippen LogP contribution in [0.4, 0.5) is 5.69 Å². The molecule has 8 nitrogen and oxygen atoms in total. The monoisotopic (exact) mass is 571 g/mol. The molecule has 0 unspecified atom stereocenters. The summed E-state index contributed by atoms with van der Waals surface area (Å²) in [4.78, 5) is 28.3. The Kier molecular flexibility index (Phi) is 9.99. The highest BCUT2D eigenvalue weighted by Gasteiger charge is 2.34. The molecule has 39 heavy (non-hydrogen) atoms. The average Bonchev–Trinajstić information content (AvgIpc) is 2.93. The second-order valence-corrected chi connectivity index (χ2v) is 11.4. The Morgan fingerprint density at radius 3 is 2.21 bits per heavy atom. The van der Waals surface area contributed by atoms with E-state index >= 15 is 0 Å². The van der Waals surface area contributed by atoms with Crippen molar-refractivity contribution in [2.45, 2.75) is 44.7 Å². The number of halogens is 1. The molecule has 0 spiro atoms. The summed E-state index contributed by atoms with van der Waals surface area (Å²) in [7, 11) is -1.10. The number of likely N-dealkylation sites (N-methyl/N-ethyl adjacent to an activating group) is 1. The highest BCUT2D eigenvalue weighted by molar-refractivity contribution is 7.92. The molecule has 3 rings (SSSR count). The molecule has 0 aliphatic rings. The van der Waals surface area contributed by atoms with Crippen LogP contribution in [0.2, 0.25) is 5.02 Å². The van der Waals surface area contributed by atoms with Gasteiger partial charge < -0.3 is 15.0 Å². The molecule has 0 aromatic heterocycles. The fourth-order valence-corrected chi connectivity index (χ4v) is 5.87. The Morgan fingerprint density at radius 1 is 1.00 bits per heavy atom. The van der Waals surface area contributed by atoms with Crippen LogP contribution in [-0.2, 0) is 26.2 Å². The normalized spacial score (nSPS) is 11.9. The van der Waals surface area contributed by atoms with Gasteiger partial charge in [-0.15, -0.1) is 0 Å². The van der Waals surface area contributed by atoms with E-state index in [-0.39, 0.29) is 23.0 Å². The molecule has 1 N–H and O–H groups in total. The van der Waals surface area contributed by atoms with Crippen molar-refractivity contribution in [3.05, 3.63) is 88.4 Å². The number of nitrogens with one attached hydrogen (secondary N) is 1. The van der Waals surface area contributed by atoms with Gasteiger partial charge in [0.1, 0.15) is 18.3 Å². The van der Waals surface area contributed by atoms with Crippen molar-refractivity contribution in [2.75, 3.05) is 25.0 Å². The summed E-state index contributed by atoms with van der Waals surface area (Å²) in [5.74, 6) is -0.218. The van der Waals surface area contributed by atoms with E-state index in [9.17, 15) is 18.0 Å². The van der Waals surface area contributed by atoms with Crippen LogP contribution in [0.15, 0.2) is 71.6 Å². The predicted molar refractivity (Wildman–Crippen MR) is 154 cm³/mol. The van der Waals surface area contributed by atoms with Crippen LogP contribution >= 0.6 is 11.6 Å². The van der Waals surface area contributed by atoms with Crippen molar-refractivity contribution in [3.63, 3.8) is 0 Å². The average molecular weight is 572 g/mol. The lowest BCUT2D eigenvalue weighted by molar-refractivity contribution is -0.140. The lowest BCUT2D eigenvalue weighted by Gasteiger charge is -2.33. The molecule has 0 heterocycles. The number of methoxy groups -OCH3 is 1. The quantitative estimate of drug-likeness (QED) is 0.359. The third-order valence-electron chi connectivity index (χ3n) is 6.54. The second-order valence-electron chi connectivity index (χ2n) is 9.12. The molecule has 1 atom stereocenters. The van der Waals surface area contributed by atoms with Crippen LogP contribution < -0.4 is 14.4 Å². The summed E-state index contributed by atoms with van der Waals surface area (Å²) in [6.45, 7) is 4.94. The van der Waals surface area contributed by atoms with E-state index in [4.69, 9.17) is 16.3 Å². The van der Waals surface area contributed by atoms with E-state index in [1.807, 2.05) is 6.92 Å². The maximum atomic E-state index is 14.0. The fourth-order valence-electron chi connectivity index (χ4n) is 4.23. The first kappa shape index (κ1) is 30.0. The zero-order chi connectivity index (χ0) is 28.7. The first-order valence-corrected chi connectivity index (χ1v) is 14.3. The van der Waals surface area contributed by atoms with Crippen LogP contribution in [0.1, 0.15) is 30.0 Å². The largest absolute Gasteiger partial charge is 0.497 e. The molecule has 0 bridgehead atoms. The smallest absolute Gasteiger partial charge is 0.264 e. The van der Waals surface area contributed by atoms with Gasteiger partial charge in [-0.05, 0) is 67.8 Å². The number of nitrogens with zero attached hydrogens (tertiary/aromatic N) is 2. The summed E-state index contributed by atoms with van der Waals surface area (Å²) >= 11 is 6.36. The molecule has 208 valence electrons. The number of rotatable bonds is 11. The van der Waals surface area contributed by atoms with E-state index in [0.29, 0.717) is 22.8 Å². The van der Waals surface area contributed by atoms with Crippen molar-refractivity contribution in [1.29, 1.82) is 0 Å². The maximum absolute atomic E-state index is 14.0. The molecule has 0 radical (unpaired) electrons. The number of benzene rings is 3. The van der Waals surface area contributed by atoms with E-state index < -0.39 is 28.5 Å². The number of carbonyl (C=O) groups excluding carboxylic acids is 2. The minimum Gasteiger partial charge on any atom is -0.497 e. The first-order valence-electron chi connectivity index (χ1n) is 12.5. The van der Waals surface area contributed by atoms with Gasteiger partial charge in [-0.1, -0.05) is 54.4 Å². The number of ether oxygens (including phenoxy) is 1. The molecular formula is C29H34ClN3O5S. The Labute approximate surface area is 235 Å². The third-order valence-corrected chi connectivity index (χ3v) is 8.72. The first-order chi connectivity index (χ1) is 18.5. The van der Waals surface area contributed by atoms with Gasteiger partial charge in [-0.25, -0.2) is 8.42 Å². The Bertz CT molecular complexity index is 1410. The van der Waals surface area contributed by atoms with Gasteiger partial charge in [0.15, 0.2) is 0 Å². The van der Waals surface area contributed by atoms with Gasteiger partial charge in [0.25, 0.3) is 10.0 Å². The van der Waals surface area contributed by atoms with Gasteiger partial charge in [0.05, 0.1) is 17.7 Å².